The third kappa shape index (κ3) is 5.85. The van der Waals surface area contributed by atoms with Crippen LogP contribution in [-0.4, -0.2) is 31.3 Å². The minimum Gasteiger partial charge on any atom is -0.491 e. The van der Waals surface area contributed by atoms with Crippen LogP contribution in [0.2, 0.25) is 0 Å². The minimum absolute atomic E-state index is 0.263. The zero-order valence-corrected chi connectivity index (χ0v) is 15.4. The van der Waals surface area contributed by atoms with Gasteiger partial charge in [-0.25, -0.2) is 0 Å². The van der Waals surface area contributed by atoms with Crippen LogP contribution >= 0.6 is 12.2 Å². The normalized spacial score (nSPS) is 10.2. The highest BCUT2D eigenvalue weighted by atomic mass is 32.1. The SMILES string of the molecule is COCCOc1ccc(C(=O)NC(=S)Nc2cc(C)ccc2C)cc1. The number of carbonyl (C=O) groups excluding carboxylic acids is 1. The Bertz CT molecular complexity index is 745. The van der Waals surface area contributed by atoms with E-state index in [1.54, 1.807) is 31.4 Å². The van der Waals surface area contributed by atoms with Crippen LogP contribution in [0.5, 0.6) is 5.75 Å². The number of rotatable bonds is 6. The van der Waals surface area contributed by atoms with Gasteiger partial charge in [0.05, 0.1) is 6.61 Å². The van der Waals surface area contributed by atoms with Gasteiger partial charge in [-0.05, 0) is 67.5 Å². The summed E-state index contributed by atoms with van der Waals surface area (Å²) < 4.78 is 10.4. The molecule has 0 aliphatic rings. The number of benzene rings is 2. The Balaban J connectivity index is 1.92. The lowest BCUT2D eigenvalue weighted by molar-refractivity contribution is 0.0977. The molecule has 5 nitrogen and oxygen atoms in total. The third-order valence-corrected chi connectivity index (χ3v) is 3.75. The van der Waals surface area contributed by atoms with Gasteiger partial charge in [0.15, 0.2) is 5.11 Å². The smallest absolute Gasteiger partial charge is 0.257 e. The Labute approximate surface area is 153 Å². The number of carbonyl (C=O) groups is 1. The molecule has 0 radical (unpaired) electrons. The first-order valence-electron chi connectivity index (χ1n) is 7.91. The molecule has 2 N–H and O–H groups in total. The molecule has 0 fully saturated rings. The topological polar surface area (TPSA) is 59.6 Å². The van der Waals surface area contributed by atoms with E-state index in [4.69, 9.17) is 21.7 Å². The molecule has 0 saturated carbocycles. The highest BCUT2D eigenvalue weighted by Gasteiger charge is 2.09. The van der Waals surface area contributed by atoms with Gasteiger partial charge in [0.25, 0.3) is 5.91 Å². The van der Waals surface area contributed by atoms with E-state index < -0.39 is 0 Å². The summed E-state index contributed by atoms with van der Waals surface area (Å²) in [6, 6.07) is 12.9. The lowest BCUT2D eigenvalue weighted by atomic mass is 10.1. The van der Waals surface area contributed by atoms with Crippen molar-refractivity contribution in [3.63, 3.8) is 0 Å². The van der Waals surface area contributed by atoms with Gasteiger partial charge in [0, 0.05) is 18.4 Å². The van der Waals surface area contributed by atoms with Gasteiger partial charge in [0.2, 0.25) is 0 Å². The fourth-order valence-corrected chi connectivity index (χ4v) is 2.35. The van der Waals surface area contributed by atoms with Crippen molar-refractivity contribution in [2.24, 2.45) is 0 Å². The number of thiocarbonyl (C=S) groups is 1. The summed E-state index contributed by atoms with van der Waals surface area (Å²) in [6.07, 6.45) is 0. The van der Waals surface area contributed by atoms with E-state index in [1.807, 2.05) is 32.0 Å². The number of amides is 1. The second-order valence-corrected chi connectivity index (χ2v) is 6.00. The molecule has 0 heterocycles. The van der Waals surface area contributed by atoms with Gasteiger partial charge in [-0.3, -0.25) is 10.1 Å². The van der Waals surface area contributed by atoms with E-state index in [-0.39, 0.29) is 11.0 Å². The molecular formula is C19H22N2O3S. The van der Waals surface area contributed by atoms with Gasteiger partial charge in [-0.1, -0.05) is 12.1 Å². The summed E-state index contributed by atoms with van der Waals surface area (Å²) in [5, 5.41) is 6.01. The van der Waals surface area contributed by atoms with Crippen LogP contribution in [0.15, 0.2) is 42.5 Å². The van der Waals surface area contributed by atoms with Crippen LogP contribution in [0, 0.1) is 13.8 Å². The molecule has 2 rings (SSSR count). The zero-order valence-electron chi connectivity index (χ0n) is 14.6. The Hall–Kier alpha value is -2.44. The van der Waals surface area contributed by atoms with Crippen molar-refractivity contribution in [2.45, 2.75) is 13.8 Å². The Kier molecular flexibility index (Phi) is 6.91. The van der Waals surface area contributed by atoms with E-state index >= 15 is 0 Å². The first-order valence-corrected chi connectivity index (χ1v) is 8.32. The molecular weight excluding hydrogens is 336 g/mol. The Morgan fingerprint density at radius 3 is 2.48 bits per heavy atom. The molecule has 0 saturated heterocycles. The largest absolute Gasteiger partial charge is 0.491 e. The highest BCUT2D eigenvalue weighted by molar-refractivity contribution is 7.80. The molecule has 0 bridgehead atoms. The predicted octanol–water partition coefficient (Wildman–Crippen LogP) is 3.46. The molecule has 0 unspecified atom stereocenters. The maximum absolute atomic E-state index is 12.3. The number of anilines is 1. The number of nitrogens with one attached hydrogen (secondary N) is 2. The molecule has 2 aromatic carbocycles. The first-order chi connectivity index (χ1) is 12.0. The van der Waals surface area contributed by atoms with Crippen LogP contribution in [0.1, 0.15) is 21.5 Å². The van der Waals surface area contributed by atoms with Crippen molar-refractivity contribution in [1.29, 1.82) is 0 Å². The van der Waals surface area contributed by atoms with Gasteiger partial charge in [-0.15, -0.1) is 0 Å². The van der Waals surface area contributed by atoms with Crippen LogP contribution in [-0.2, 0) is 4.74 Å². The van der Waals surface area contributed by atoms with Crippen molar-refractivity contribution in [3.05, 3.63) is 59.2 Å². The lowest BCUT2D eigenvalue weighted by Gasteiger charge is -2.12. The fraction of sp³-hybridized carbons (Fsp3) is 0.263. The molecule has 0 aromatic heterocycles. The molecule has 2 aromatic rings. The van der Waals surface area contributed by atoms with Crippen molar-refractivity contribution in [1.82, 2.24) is 5.32 Å². The molecule has 0 aliphatic carbocycles. The summed E-state index contributed by atoms with van der Waals surface area (Å²) in [5.41, 5.74) is 3.56. The number of methoxy groups -OCH3 is 1. The average Bonchev–Trinajstić information content (AvgIpc) is 2.59. The van der Waals surface area contributed by atoms with Crippen molar-refractivity contribution in [2.75, 3.05) is 25.6 Å². The number of ether oxygens (including phenoxy) is 2. The van der Waals surface area contributed by atoms with E-state index in [0.717, 1.165) is 16.8 Å². The molecule has 1 amide bonds. The van der Waals surface area contributed by atoms with Crippen LogP contribution < -0.4 is 15.4 Å². The van der Waals surface area contributed by atoms with E-state index in [2.05, 4.69) is 10.6 Å². The van der Waals surface area contributed by atoms with Crippen LogP contribution in [0.25, 0.3) is 0 Å². The number of hydrogen-bond donors (Lipinski definition) is 2. The summed E-state index contributed by atoms with van der Waals surface area (Å²) >= 11 is 5.23. The molecule has 0 spiro atoms. The minimum atomic E-state index is -0.272. The summed E-state index contributed by atoms with van der Waals surface area (Å²) in [4.78, 5) is 12.3. The second-order valence-electron chi connectivity index (χ2n) is 5.59. The van der Waals surface area contributed by atoms with Crippen LogP contribution in [0.3, 0.4) is 0 Å². The molecule has 6 heteroatoms. The quantitative estimate of drug-likeness (QED) is 0.612. The Morgan fingerprint density at radius 1 is 1.08 bits per heavy atom. The van der Waals surface area contributed by atoms with Gasteiger partial charge in [-0.2, -0.15) is 0 Å². The number of hydrogen-bond acceptors (Lipinski definition) is 4. The molecule has 0 aliphatic heterocycles. The Morgan fingerprint density at radius 2 is 1.80 bits per heavy atom. The molecule has 0 atom stereocenters. The average molecular weight is 358 g/mol. The highest BCUT2D eigenvalue weighted by Crippen LogP contribution is 2.16. The maximum Gasteiger partial charge on any atom is 0.257 e. The van der Waals surface area contributed by atoms with E-state index in [9.17, 15) is 4.79 Å². The second kappa shape index (κ2) is 9.15. The third-order valence-electron chi connectivity index (χ3n) is 3.54. The lowest BCUT2D eigenvalue weighted by Crippen LogP contribution is -2.34. The standard InChI is InChI=1S/C19H22N2O3S/c1-13-4-5-14(2)17(12-13)20-19(25)21-18(22)15-6-8-16(9-7-15)24-11-10-23-3/h4-9,12H,10-11H2,1-3H3,(H2,20,21,22,25). The summed E-state index contributed by atoms with van der Waals surface area (Å²) in [7, 11) is 1.62. The summed E-state index contributed by atoms with van der Waals surface area (Å²) in [6.45, 7) is 4.96. The fourth-order valence-electron chi connectivity index (χ4n) is 2.14. The van der Waals surface area contributed by atoms with Crippen molar-refractivity contribution >= 4 is 28.9 Å². The first kappa shape index (κ1) is 18.9. The van der Waals surface area contributed by atoms with E-state index in [0.29, 0.717) is 24.5 Å². The molecule has 132 valence electrons. The van der Waals surface area contributed by atoms with Crippen molar-refractivity contribution < 1.29 is 14.3 Å². The van der Waals surface area contributed by atoms with Gasteiger partial charge in [0.1, 0.15) is 12.4 Å². The maximum atomic E-state index is 12.3. The van der Waals surface area contributed by atoms with Crippen molar-refractivity contribution in [3.8, 4) is 5.75 Å². The monoisotopic (exact) mass is 358 g/mol. The van der Waals surface area contributed by atoms with Crippen LogP contribution in [0.4, 0.5) is 5.69 Å². The number of aryl methyl sites for hydroxylation is 2. The zero-order chi connectivity index (χ0) is 18.2. The van der Waals surface area contributed by atoms with Gasteiger partial charge < -0.3 is 14.8 Å². The predicted molar refractivity (Wildman–Crippen MR) is 103 cm³/mol. The molecule has 25 heavy (non-hydrogen) atoms. The summed E-state index contributed by atoms with van der Waals surface area (Å²) in [5.74, 6) is 0.413. The van der Waals surface area contributed by atoms with Gasteiger partial charge >= 0.3 is 0 Å². The van der Waals surface area contributed by atoms with E-state index in [1.165, 1.54) is 0 Å².